The number of carbonyl (C=O) groups is 1. The van der Waals surface area contributed by atoms with E-state index in [1.165, 1.54) is 6.07 Å². The molecule has 2 N–H and O–H groups in total. The maximum Gasteiger partial charge on any atom is 0.274 e. The number of amides is 1. The van der Waals surface area contributed by atoms with Crippen molar-refractivity contribution >= 4 is 28.9 Å². The quantitative estimate of drug-likeness (QED) is 0.623. The highest BCUT2D eigenvalue weighted by atomic mass is 35.5. The first-order valence-electron chi connectivity index (χ1n) is 8.54. The zero-order valence-corrected chi connectivity index (χ0v) is 15.6. The van der Waals surface area contributed by atoms with Crippen LogP contribution in [-0.4, -0.2) is 17.4 Å². The molecule has 1 aromatic heterocycles. The standard InChI is InChI=1S/C21H19ClFN3O/c1-14-12-16(22)6-7-19(14)26-21(27)20-13-17(9-11-25-20)24-10-8-15-4-2-3-5-18(15)23/h2-7,9,11-13H,8,10H2,1H3,(H,24,25)(H,26,27). The molecule has 1 heterocycles. The van der Waals surface area contributed by atoms with Crippen molar-refractivity contribution in [3.8, 4) is 0 Å². The zero-order chi connectivity index (χ0) is 19.2. The number of halogens is 2. The van der Waals surface area contributed by atoms with Gasteiger partial charge >= 0.3 is 0 Å². The first-order valence-corrected chi connectivity index (χ1v) is 8.91. The molecule has 1 amide bonds. The number of pyridine rings is 1. The number of aromatic nitrogens is 1. The molecule has 2 aromatic carbocycles. The smallest absolute Gasteiger partial charge is 0.274 e. The van der Waals surface area contributed by atoms with Gasteiger partial charge in [-0.1, -0.05) is 29.8 Å². The zero-order valence-electron chi connectivity index (χ0n) is 14.8. The summed E-state index contributed by atoms with van der Waals surface area (Å²) in [5, 5.41) is 6.64. The van der Waals surface area contributed by atoms with Crippen molar-refractivity contribution in [2.24, 2.45) is 0 Å². The number of nitrogens with zero attached hydrogens (tertiary/aromatic N) is 1. The summed E-state index contributed by atoms with van der Waals surface area (Å²) in [6.07, 6.45) is 2.11. The maximum atomic E-state index is 13.7. The van der Waals surface area contributed by atoms with Crippen LogP contribution >= 0.6 is 11.6 Å². The Labute approximate surface area is 162 Å². The van der Waals surface area contributed by atoms with E-state index in [0.29, 0.717) is 34.9 Å². The minimum Gasteiger partial charge on any atom is -0.385 e. The van der Waals surface area contributed by atoms with Crippen LogP contribution in [-0.2, 0) is 6.42 Å². The van der Waals surface area contributed by atoms with Crippen LogP contribution < -0.4 is 10.6 Å². The molecule has 0 atom stereocenters. The SMILES string of the molecule is Cc1cc(Cl)ccc1NC(=O)c1cc(NCCc2ccccc2F)ccn1. The maximum absolute atomic E-state index is 13.7. The van der Waals surface area contributed by atoms with Gasteiger partial charge in [0.15, 0.2) is 0 Å². The van der Waals surface area contributed by atoms with Crippen molar-refractivity contribution in [3.05, 3.63) is 88.5 Å². The van der Waals surface area contributed by atoms with Crippen LogP contribution in [0.2, 0.25) is 5.02 Å². The van der Waals surface area contributed by atoms with Crippen molar-refractivity contribution in [1.29, 1.82) is 0 Å². The first kappa shape index (κ1) is 18.9. The van der Waals surface area contributed by atoms with Gasteiger partial charge < -0.3 is 10.6 Å². The van der Waals surface area contributed by atoms with Crippen LogP contribution in [0.5, 0.6) is 0 Å². The summed E-state index contributed by atoms with van der Waals surface area (Å²) in [4.78, 5) is 16.6. The Bertz CT molecular complexity index is 962. The minimum atomic E-state index is -0.307. The summed E-state index contributed by atoms with van der Waals surface area (Å²) in [5.41, 5.74) is 3.24. The van der Waals surface area contributed by atoms with E-state index in [2.05, 4.69) is 15.6 Å². The monoisotopic (exact) mass is 383 g/mol. The van der Waals surface area contributed by atoms with Gasteiger partial charge in [0.25, 0.3) is 5.91 Å². The molecule has 0 spiro atoms. The fraction of sp³-hybridized carbons (Fsp3) is 0.143. The molecule has 0 saturated heterocycles. The minimum absolute atomic E-state index is 0.215. The molecule has 138 valence electrons. The van der Waals surface area contributed by atoms with Crippen molar-refractivity contribution in [3.63, 3.8) is 0 Å². The third kappa shape index (κ3) is 5.05. The molecule has 0 fully saturated rings. The van der Waals surface area contributed by atoms with E-state index in [-0.39, 0.29) is 11.7 Å². The summed E-state index contributed by atoms with van der Waals surface area (Å²) in [6, 6.07) is 15.4. The molecule has 0 aliphatic rings. The number of hydrogen-bond acceptors (Lipinski definition) is 3. The summed E-state index contributed by atoms with van der Waals surface area (Å²) in [5.74, 6) is -0.523. The van der Waals surface area contributed by atoms with Gasteiger partial charge in [0.2, 0.25) is 0 Å². The Morgan fingerprint density at radius 1 is 1.15 bits per heavy atom. The van der Waals surface area contributed by atoms with Crippen LogP contribution in [0, 0.1) is 12.7 Å². The third-order valence-corrected chi connectivity index (χ3v) is 4.35. The number of hydrogen-bond donors (Lipinski definition) is 2. The van der Waals surface area contributed by atoms with Crippen LogP contribution in [0.3, 0.4) is 0 Å². The molecular formula is C21H19ClFN3O. The number of carbonyl (C=O) groups excluding carboxylic acids is 1. The molecule has 0 bridgehead atoms. The van der Waals surface area contributed by atoms with Gasteiger partial charge in [0.1, 0.15) is 11.5 Å². The number of anilines is 2. The Balaban J connectivity index is 1.62. The summed E-state index contributed by atoms with van der Waals surface area (Å²) in [7, 11) is 0. The predicted octanol–water partition coefficient (Wildman–Crippen LogP) is 5.09. The summed E-state index contributed by atoms with van der Waals surface area (Å²) >= 11 is 5.94. The fourth-order valence-corrected chi connectivity index (χ4v) is 2.89. The summed E-state index contributed by atoms with van der Waals surface area (Å²) in [6.45, 7) is 2.41. The van der Waals surface area contributed by atoms with Gasteiger partial charge in [-0.2, -0.15) is 0 Å². The van der Waals surface area contributed by atoms with Crippen molar-refractivity contribution in [2.75, 3.05) is 17.2 Å². The second-order valence-corrected chi connectivity index (χ2v) is 6.55. The highest BCUT2D eigenvalue weighted by Gasteiger charge is 2.10. The molecule has 0 radical (unpaired) electrons. The van der Waals surface area contributed by atoms with Gasteiger partial charge in [-0.25, -0.2) is 4.39 Å². The Morgan fingerprint density at radius 3 is 2.74 bits per heavy atom. The van der Waals surface area contributed by atoms with Gasteiger partial charge in [-0.15, -0.1) is 0 Å². The van der Waals surface area contributed by atoms with E-state index in [0.717, 1.165) is 11.3 Å². The molecule has 3 aromatic rings. The lowest BCUT2D eigenvalue weighted by Crippen LogP contribution is -2.15. The van der Waals surface area contributed by atoms with Crippen molar-refractivity contribution in [2.45, 2.75) is 13.3 Å². The second-order valence-electron chi connectivity index (χ2n) is 6.11. The number of nitrogens with one attached hydrogen (secondary N) is 2. The predicted molar refractivity (Wildman–Crippen MR) is 107 cm³/mol. The van der Waals surface area contributed by atoms with Crippen molar-refractivity contribution in [1.82, 2.24) is 4.98 Å². The molecule has 27 heavy (non-hydrogen) atoms. The lowest BCUT2D eigenvalue weighted by Gasteiger charge is -2.10. The van der Waals surface area contributed by atoms with Crippen LogP contribution in [0.15, 0.2) is 60.8 Å². The average molecular weight is 384 g/mol. The summed E-state index contributed by atoms with van der Waals surface area (Å²) < 4.78 is 13.7. The van der Waals surface area contributed by atoms with Gasteiger partial charge in [-0.05, 0) is 60.9 Å². The number of rotatable bonds is 6. The molecule has 0 saturated carbocycles. The molecule has 0 aliphatic heterocycles. The van der Waals surface area contributed by atoms with Crippen LogP contribution in [0.25, 0.3) is 0 Å². The topological polar surface area (TPSA) is 54.0 Å². The molecule has 4 nitrogen and oxygen atoms in total. The van der Waals surface area contributed by atoms with Gasteiger partial charge in [0.05, 0.1) is 0 Å². The lowest BCUT2D eigenvalue weighted by molar-refractivity contribution is 0.102. The van der Waals surface area contributed by atoms with E-state index < -0.39 is 0 Å². The van der Waals surface area contributed by atoms with Crippen LogP contribution in [0.1, 0.15) is 21.6 Å². The number of benzene rings is 2. The van der Waals surface area contributed by atoms with Gasteiger partial charge in [0, 0.05) is 29.1 Å². The molecule has 3 rings (SSSR count). The third-order valence-electron chi connectivity index (χ3n) is 4.11. The molecule has 0 aliphatic carbocycles. The lowest BCUT2D eigenvalue weighted by atomic mass is 10.1. The normalized spacial score (nSPS) is 10.5. The Kier molecular flexibility index (Phi) is 6.04. The fourth-order valence-electron chi connectivity index (χ4n) is 2.66. The van der Waals surface area contributed by atoms with Gasteiger partial charge in [-0.3, -0.25) is 9.78 Å². The van der Waals surface area contributed by atoms with E-state index in [1.807, 2.05) is 13.0 Å². The molecule has 6 heteroatoms. The van der Waals surface area contributed by atoms with E-state index in [9.17, 15) is 9.18 Å². The van der Waals surface area contributed by atoms with Crippen molar-refractivity contribution < 1.29 is 9.18 Å². The van der Waals surface area contributed by atoms with E-state index >= 15 is 0 Å². The number of aryl methyl sites for hydroxylation is 1. The second kappa shape index (κ2) is 8.64. The first-order chi connectivity index (χ1) is 13.0. The Morgan fingerprint density at radius 2 is 1.96 bits per heavy atom. The van der Waals surface area contributed by atoms with Crippen LogP contribution in [0.4, 0.5) is 15.8 Å². The highest BCUT2D eigenvalue weighted by molar-refractivity contribution is 6.30. The van der Waals surface area contributed by atoms with E-state index in [4.69, 9.17) is 11.6 Å². The largest absolute Gasteiger partial charge is 0.385 e. The average Bonchev–Trinajstić information content (AvgIpc) is 2.66. The molecular weight excluding hydrogens is 365 g/mol. The molecule has 0 unspecified atom stereocenters. The Hall–Kier alpha value is -2.92. The highest BCUT2D eigenvalue weighted by Crippen LogP contribution is 2.20. The van der Waals surface area contributed by atoms with E-state index in [1.54, 1.807) is 48.7 Å².